The first-order chi connectivity index (χ1) is 11.2. The van der Waals surface area contributed by atoms with Gasteiger partial charge in [0.15, 0.2) is 0 Å². The summed E-state index contributed by atoms with van der Waals surface area (Å²) in [5.41, 5.74) is 1.21. The Morgan fingerprint density at radius 2 is 2.04 bits per heavy atom. The Morgan fingerprint density at radius 1 is 1.26 bits per heavy atom. The second-order valence-electron chi connectivity index (χ2n) is 5.12. The highest BCUT2D eigenvalue weighted by Crippen LogP contribution is 2.15. The third-order valence-electron chi connectivity index (χ3n) is 3.57. The highest BCUT2D eigenvalue weighted by atomic mass is 35.5. The molecule has 1 amide bonds. The molecule has 1 fully saturated rings. The van der Waals surface area contributed by atoms with Crippen molar-refractivity contribution in [3.8, 4) is 0 Å². The Morgan fingerprint density at radius 3 is 2.83 bits per heavy atom. The fourth-order valence-electron chi connectivity index (χ4n) is 2.30. The van der Waals surface area contributed by atoms with E-state index in [0.717, 1.165) is 18.7 Å². The zero-order chi connectivity index (χ0) is 16.1. The van der Waals surface area contributed by atoms with E-state index in [4.69, 9.17) is 16.3 Å². The maximum atomic E-state index is 12.3. The minimum absolute atomic E-state index is 0.248. The van der Waals surface area contributed by atoms with Gasteiger partial charge in [0.1, 0.15) is 5.69 Å². The predicted octanol–water partition coefficient (Wildman–Crippen LogP) is 1.90. The van der Waals surface area contributed by atoms with Crippen LogP contribution in [0, 0.1) is 0 Å². The molecule has 1 aromatic heterocycles. The molecule has 120 valence electrons. The first-order valence-corrected chi connectivity index (χ1v) is 7.79. The molecular formula is C16H17ClN4O2. The van der Waals surface area contributed by atoms with Crippen LogP contribution in [0.3, 0.4) is 0 Å². The van der Waals surface area contributed by atoms with Gasteiger partial charge in [-0.1, -0.05) is 29.8 Å². The summed E-state index contributed by atoms with van der Waals surface area (Å²) < 4.78 is 5.31. The molecule has 2 aromatic rings. The fourth-order valence-corrected chi connectivity index (χ4v) is 2.50. The first-order valence-electron chi connectivity index (χ1n) is 7.41. The number of carbonyl (C=O) groups excluding carboxylic acids is 1. The van der Waals surface area contributed by atoms with Crippen molar-refractivity contribution < 1.29 is 9.53 Å². The summed E-state index contributed by atoms with van der Waals surface area (Å²) in [6, 6.07) is 9.01. The Bertz CT molecular complexity index is 689. The van der Waals surface area contributed by atoms with Crippen LogP contribution in [0.1, 0.15) is 16.1 Å². The van der Waals surface area contributed by atoms with Crippen LogP contribution in [0.25, 0.3) is 0 Å². The number of hydrogen-bond acceptors (Lipinski definition) is 5. The van der Waals surface area contributed by atoms with Gasteiger partial charge in [0, 0.05) is 30.9 Å². The number of nitrogens with one attached hydrogen (secondary N) is 1. The molecule has 0 saturated carbocycles. The number of anilines is 1. The smallest absolute Gasteiger partial charge is 0.270 e. The molecule has 0 radical (unpaired) electrons. The van der Waals surface area contributed by atoms with E-state index >= 15 is 0 Å². The average Bonchev–Trinajstić information content (AvgIpc) is 2.62. The third kappa shape index (κ3) is 3.97. The Hall–Kier alpha value is -2.18. The van der Waals surface area contributed by atoms with Crippen molar-refractivity contribution in [1.29, 1.82) is 0 Å². The van der Waals surface area contributed by atoms with Gasteiger partial charge in [-0.2, -0.15) is 0 Å². The summed E-state index contributed by atoms with van der Waals surface area (Å²) in [4.78, 5) is 22.9. The lowest BCUT2D eigenvalue weighted by atomic mass is 10.2. The maximum Gasteiger partial charge on any atom is 0.270 e. The second kappa shape index (κ2) is 7.39. The van der Waals surface area contributed by atoms with Crippen LogP contribution >= 0.6 is 11.6 Å². The van der Waals surface area contributed by atoms with E-state index < -0.39 is 0 Å². The molecule has 1 N–H and O–H groups in total. The fraction of sp³-hybridized carbons (Fsp3) is 0.312. The van der Waals surface area contributed by atoms with Crippen molar-refractivity contribution in [2.75, 3.05) is 31.2 Å². The summed E-state index contributed by atoms with van der Waals surface area (Å²) in [7, 11) is 0. The van der Waals surface area contributed by atoms with Gasteiger partial charge >= 0.3 is 0 Å². The summed E-state index contributed by atoms with van der Waals surface area (Å²) >= 11 is 6.09. The second-order valence-corrected chi connectivity index (χ2v) is 5.52. The van der Waals surface area contributed by atoms with Gasteiger partial charge in [-0.25, -0.2) is 9.97 Å². The van der Waals surface area contributed by atoms with E-state index in [1.165, 1.54) is 0 Å². The summed E-state index contributed by atoms with van der Waals surface area (Å²) in [6.07, 6.45) is 1.60. The lowest BCUT2D eigenvalue weighted by Crippen LogP contribution is -2.37. The predicted molar refractivity (Wildman–Crippen MR) is 87.7 cm³/mol. The largest absolute Gasteiger partial charge is 0.378 e. The number of benzene rings is 1. The molecule has 0 bridgehead atoms. The molecular weight excluding hydrogens is 316 g/mol. The minimum Gasteiger partial charge on any atom is -0.378 e. The van der Waals surface area contributed by atoms with Crippen molar-refractivity contribution in [2.24, 2.45) is 0 Å². The average molecular weight is 333 g/mol. The molecule has 1 aliphatic rings. The monoisotopic (exact) mass is 332 g/mol. The number of rotatable bonds is 4. The molecule has 0 spiro atoms. The third-order valence-corrected chi connectivity index (χ3v) is 3.94. The van der Waals surface area contributed by atoms with E-state index in [2.05, 4.69) is 15.3 Å². The maximum absolute atomic E-state index is 12.3. The zero-order valence-electron chi connectivity index (χ0n) is 12.5. The number of amides is 1. The van der Waals surface area contributed by atoms with Crippen LogP contribution in [-0.2, 0) is 11.3 Å². The first kappa shape index (κ1) is 15.7. The van der Waals surface area contributed by atoms with E-state index in [-0.39, 0.29) is 5.91 Å². The van der Waals surface area contributed by atoms with E-state index in [0.29, 0.717) is 36.4 Å². The molecule has 23 heavy (non-hydrogen) atoms. The standard InChI is InChI=1S/C16H17ClN4O2/c17-13-4-2-1-3-12(13)11-19-15(22)14-5-6-18-16(20-14)21-7-9-23-10-8-21/h1-6H,7-11H2,(H,19,22). The van der Waals surface area contributed by atoms with Gasteiger partial charge in [-0.3, -0.25) is 4.79 Å². The van der Waals surface area contributed by atoms with Gasteiger partial charge in [-0.15, -0.1) is 0 Å². The van der Waals surface area contributed by atoms with E-state index in [1.807, 2.05) is 23.1 Å². The van der Waals surface area contributed by atoms with Gasteiger partial charge in [-0.05, 0) is 17.7 Å². The quantitative estimate of drug-likeness (QED) is 0.926. The van der Waals surface area contributed by atoms with Crippen LogP contribution in [0.2, 0.25) is 5.02 Å². The van der Waals surface area contributed by atoms with Crippen LogP contribution in [-0.4, -0.2) is 42.2 Å². The lowest BCUT2D eigenvalue weighted by molar-refractivity contribution is 0.0945. The topological polar surface area (TPSA) is 67.4 Å². The number of hydrogen-bond donors (Lipinski definition) is 1. The van der Waals surface area contributed by atoms with Gasteiger partial charge in [0.25, 0.3) is 5.91 Å². The van der Waals surface area contributed by atoms with E-state index in [1.54, 1.807) is 18.3 Å². The van der Waals surface area contributed by atoms with Crippen molar-refractivity contribution in [3.63, 3.8) is 0 Å². The molecule has 1 aromatic carbocycles. The summed E-state index contributed by atoms with van der Waals surface area (Å²) in [5, 5.41) is 3.46. The van der Waals surface area contributed by atoms with Crippen LogP contribution in [0.15, 0.2) is 36.5 Å². The van der Waals surface area contributed by atoms with Crippen molar-refractivity contribution in [2.45, 2.75) is 6.54 Å². The molecule has 7 heteroatoms. The van der Waals surface area contributed by atoms with Crippen LogP contribution in [0.5, 0.6) is 0 Å². The highest BCUT2D eigenvalue weighted by molar-refractivity contribution is 6.31. The molecule has 3 rings (SSSR count). The van der Waals surface area contributed by atoms with Crippen molar-refractivity contribution in [1.82, 2.24) is 15.3 Å². The molecule has 1 aliphatic heterocycles. The normalized spacial score (nSPS) is 14.6. The molecule has 1 saturated heterocycles. The number of nitrogens with zero attached hydrogens (tertiary/aromatic N) is 3. The number of aromatic nitrogens is 2. The van der Waals surface area contributed by atoms with Crippen molar-refractivity contribution >= 4 is 23.5 Å². The Labute approximate surface area is 139 Å². The molecule has 2 heterocycles. The number of halogens is 1. The van der Waals surface area contributed by atoms with Gasteiger partial charge < -0.3 is 15.0 Å². The molecule has 0 atom stereocenters. The highest BCUT2D eigenvalue weighted by Gasteiger charge is 2.16. The van der Waals surface area contributed by atoms with Crippen molar-refractivity contribution in [3.05, 3.63) is 52.8 Å². The van der Waals surface area contributed by atoms with Crippen LogP contribution < -0.4 is 10.2 Å². The van der Waals surface area contributed by atoms with Gasteiger partial charge in [0.2, 0.25) is 5.95 Å². The number of morpholine rings is 1. The Kier molecular flexibility index (Phi) is 5.05. The number of ether oxygens (including phenoxy) is 1. The summed E-state index contributed by atoms with van der Waals surface area (Å²) in [5.74, 6) is 0.306. The molecule has 0 unspecified atom stereocenters. The zero-order valence-corrected chi connectivity index (χ0v) is 13.3. The van der Waals surface area contributed by atoms with Gasteiger partial charge in [0.05, 0.1) is 13.2 Å². The van der Waals surface area contributed by atoms with Crippen LogP contribution in [0.4, 0.5) is 5.95 Å². The molecule has 0 aliphatic carbocycles. The summed E-state index contributed by atoms with van der Waals surface area (Å²) in [6.45, 7) is 3.10. The minimum atomic E-state index is -0.248. The Balaban J connectivity index is 1.66. The SMILES string of the molecule is O=C(NCc1ccccc1Cl)c1ccnc(N2CCOCC2)n1. The lowest BCUT2D eigenvalue weighted by Gasteiger charge is -2.26. The number of carbonyl (C=O) groups is 1. The van der Waals surface area contributed by atoms with E-state index in [9.17, 15) is 4.79 Å². The molecule has 6 nitrogen and oxygen atoms in total.